The molecule has 0 aliphatic carbocycles. The number of carbonyl (C=O) groups excluding carboxylic acids is 1. The Morgan fingerprint density at radius 3 is 2.40 bits per heavy atom. The van der Waals surface area contributed by atoms with Crippen LogP contribution in [0.4, 0.5) is 5.69 Å². The maximum absolute atomic E-state index is 10.4. The molecule has 0 radical (unpaired) electrons. The number of carboxylic acids is 1. The molecule has 0 aliphatic heterocycles. The summed E-state index contributed by atoms with van der Waals surface area (Å²) in [7, 11) is 0. The van der Waals surface area contributed by atoms with Crippen LogP contribution in [-0.4, -0.2) is 17.0 Å². The van der Waals surface area contributed by atoms with E-state index in [1.165, 1.54) is 6.07 Å². The third kappa shape index (κ3) is 3.78. The molecule has 15 heavy (non-hydrogen) atoms. The minimum Gasteiger partial charge on any atom is -0.545 e. The van der Waals surface area contributed by atoms with Gasteiger partial charge in [-0.15, -0.1) is 0 Å². The van der Waals surface area contributed by atoms with Crippen LogP contribution in [0.15, 0.2) is 23.2 Å². The summed E-state index contributed by atoms with van der Waals surface area (Å²) in [5.41, 5.74) is 10.1. The Kier molecular flexibility index (Phi) is 5.13. The molecule has 0 heterocycles. The van der Waals surface area contributed by atoms with Crippen molar-refractivity contribution in [2.24, 2.45) is 16.5 Å². The van der Waals surface area contributed by atoms with Gasteiger partial charge in [0.25, 0.3) is 0 Å². The fourth-order valence-electron chi connectivity index (χ4n) is 0.911. The Bertz CT molecular complexity index is 402. The SMILES string of the molecule is NC(N)=Nc1ccc(C(=O)[O-])c(O)c1.[Na+]. The molecule has 0 saturated carbocycles. The molecule has 1 rings (SSSR count). The normalized spacial score (nSPS) is 8.80. The smallest absolute Gasteiger partial charge is 0.545 e. The first-order chi connectivity index (χ1) is 6.50. The maximum Gasteiger partial charge on any atom is 1.00 e. The zero-order valence-electron chi connectivity index (χ0n) is 8.10. The summed E-state index contributed by atoms with van der Waals surface area (Å²) in [6, 6.07) is 3.64. The zero-order chi connectivity index (χ0) is 10.7. The van der Waals surface area contributed by atoms with Gasteiger partial charge in [0.1, 0.15) is 5.75 Å². The topological polar surface area (TPSA) is 125 Å². The molecular weight excluding hydrogens is 209 g/mol. The van der Waals surface area contributed by atoms with Crippen LogP contribution in [0, 0.1) is 0 Å². The predicted molar refractivity (Wildman–Crippen MR) is 47.9 cm³/mol. The fraction of sp³-hybridized carbons (Fsp3) is 0. The first-order valence-electron chi connectivity index (χ1n) is 3.64. The van der Waals surface area contributed by atoms with Crippen molar-refractivity contribution in [1.82, 2.24) is 0 Å². The number of benzene rings is 1. The number of carbonyl (C=O) groups is 1. The van der Waals surface area contributed by atoms with Gasteiger partial charge in [-0.05, 0) is 12.1 Å². The Balaban J connectivity index is 0.00000196. The van der Waals surface area contributed by atoms with E-state index in [4.69, 9.17) is 11.5 Å². The van der Waals surface area contributed by atoms with Gasteiger partial charge in [-0.2, -0.15) is 0 Å². The molecule has 0 bridgehead atoms. The number of hydrogen-bond donors (Lipinski definition) is 3. The Hall–Kier alpha value is -1.24. The fourth-order valence-corrected chi connectivity index (χ4v) is 0.911. The third-order valence-electron chi connectivity index (χ3n) is 1.46. The van der Waals surface area contributed by atoms with Crippen LogP contribution in [-0.2, 0) is 0 Å². The van der Waals surface area contributed by atoms with Crippen LogP contribution in [0.3, 0.4) is 0 Å². The van der Waals surface area contributed by atoms with Gasteiger partial charge < -0.3 is 26.5 Å². The van der Waals surface area contributed by atoms with Gasteiger partial charge in [-0.25, -0.2) is 4.99 Å². The molecule has 0 atom stereocenters. The molecule has 1 aromatic rings. The van der Waals surface area contributed by atoms with E-state index >= 15 is 0 Å². The zero-order valence-corrected chi connectivity index (χ0v) is 10.1. The van der Waals surface area contributed by atoms with Crippen molar-refractivity contribution in [1.29, 1.82) is 0 Å². The number of aliphatic imine (C=N–C) groups is 1. The van der Waals surface area contributed by atoms with Crippen molar-refractivity contribution < 1.29 is 44.6 Å². The number of aromatic carboxylic acids is 1. The van der Waals surface area contributed by atoms with Gasteiger partial charge in [-0.1, -0.05) is 0 Å². The van der Waals surface area contributed by atoms with Crippen LogP contribution in [0.1, 0.15) is 10.4 Å². The standard InChI is InChI=1S/C8H9N3O3.Na/c9-8(10)11-4-1-2-5(7(13)14)6(12)3-4;/h1-3,12H,(H,13,14)(H4,9,10,11);/q;+1/p-1. The number of guanidine groups is 1. The molecule has 0 amide bonds. The summed E-state index contributed by atoms with van der Waals surface area (Å²) >= 11 is 0. The summed E-state index contributed by atoms with van der Waals surface area (Å²) in [5, 5.41) is 19.6. The van der Waals surface area contributed by atoms with Crippen molar-refractivity contribution in [2.75, 3.05) is 0 Å². The average Bonchev–Trinajstić information content (AvgIpc) is 2.01. The second kappa shape index (κ2) is 5.59. The van der Waals surface area contributed by atoms with Crippen LogP contribution in [0.2, 0.25) is 0 Å². The summed E-state index contributed by atoms with van der Waals surface area (Å²) in [6.07, 6.45) is 0. The molecule has 0 unspecified atom stereocenters. The summed E-state index contributed by atoms with van der Waals surface area (Å²) in [5.74, 6) is -2.07. The molecule has 0 aliphatic rings. The van der Waals surface area contributed by atoms with Crippen LogP contribution in [0.25, 0.3) is 0 Å². The van der Waals surface area contributed by atoms with E-state index in [0.29, 0.717) is 0 Å². The van der Waals surface area contributed by atoms with Crippen molar-refractivity contribution >= 4 is 17.6 Å². The molecule has 0 fully saturated rings. The van der Waals surface area contributed by atoms with Crippen molar-refractivity contribution in [3.8, 4) is 5.75 Å². The summed E-state index contributed by atoms with van der Waals surface area (Å²) in [6.45, 7) is 0. The second-order valence-electron chi connectivity index (χ2n) is 2.53. The molecule has 6 nitrogen and oxygen atoms in total. The van der Waals surface area contributed by atoms with E-state index in [0.717, 1.165) is 12.1 Å². The number of phenols is 1. The predicted octanol–water partition coefficient (Wildman–Crippen LogP) is -4.34. The maximum atomic E-state index is 10.4. The number of rotatable bonds is 2. The minimum absolute atomic E-state index is 0. The van der Waals surface area contributed by atoms with Crippen molar-refractivity contribution in [2.45, 2.75) is 0 Å². The van der Waals surface area contributed by atoms with E-state index in [9.17, 15) is 15.0 Å². The van der Waals surface area contributed by atoms with E-state index in [1.54, 1.807) is 0 Å². The quantitative estimate of drug-likeness (QED) is 0.262. The van der Waals surface area contributed by atoms with E-state index in [-0.39, 0.29) is 46.8 Å². The van der Waals surface area contributed by atoms with E-state index < -0.39 is 11.7 Å². The molecular formula is C8H8N3NaO3. The van der Waals surface area contributed by atoms with Crippen LogP contribution >= 0.6 is 0 Å². The Morgan fingerprint density at radius 2 is 2.00 bits per heavy atom. The van der Waals surface area contributed by atoms with E-state index in [2.05, 4.69) is 4.99 Å². The molecule has 0 spiro atoms. The molecule has 1 aromatic carbocycles. The Morgan fingerprint density at radius 1 is 1.40 bits per heavy atom. The van der Waals surface area contributed by atoms with E-state index in [1.807, 2.05) is 0 Å². The van der Waals surface area contributed by atoms with Crippen molar-refractivity contribution in [3.05, 3.63) is 23.8 Å². The largest absolute Gasteiger partial charge is 1.00 e. The first-order valence-corrected chi connectivity index (χ1v) is 3.64. The number of hydrogen-bond acceptors (Lipinski definition) is 4. The number of nitrogens with zero attached hydrogens (tertiary/aromatic N) is 1. The number of aromatic hydroxyl groups is 1. The molecule has 0 saturated heterocycles. The molecule has 5 N–H and O–H groups in total. The summed E-state index contributed by atoms with van der Waals surface area (Å²) in [4.78, 5) is 14.0. The second-order valence-corrected chi connectivity index (χ2v) is 2.53. The van der Waals surface area contributed by atoms with Gasteiger partial charge >= 0.3 is 29.6 Å². The van der Waals surface area contributed by atoms with Crippen LogP contribution < -0.4 is 46.1 Å². The van der Waals surface area contributed by atoms with Gasteiger partial charge in [0, 0.05) is 11.6 Å². The van der Waals surface area contributed by atoms with Crippen molar-refractivity contribution in [3.63, 3.8) is 0 Å². The van der Waals surface area contributed by atoms with Gasteiger partial charge in [0.2, 0.25) is 0 Å². The molecule has 0 aromatic heterocycles. The number of nitrogens with two attached hydrogens (primary N) is 2. The number of carboxylic acid groups (broad SMARTS) is 1. The third-order valence-corrected chi connectivity index (χ3v) is 1.46. The minimum atomic E-state index is -1.46. The van der Waals surface area contributed by atoms with Gasteiger partial charge in [0.05, 0.1) is 11.7 Å². The summed E-state index contributed by atoms with van der Waals surface area (Å²) < 4.78 is 0. The monoisotopic (exact) mass is 217 g/mol. The first kappa shape index (κ1) is 13.8. The van der Waals surface area contributed by atoms with Gasteiger partial charge in [-0.3, -0.25) is 0 Å². The van der Waals surface area contributed by atoms with Gasteiger partial charge in [0.15, 0.2) is 5.96 Å². The Labute approximate surface area is 108 Å². The molecule has 7 heteroatoms. The molecule has 74 valence electrons. The van der Waals surface area contributed by atoms with Crippen LogP contribution in [0.5, 0.6) is 5.75 Å². The average molecular weight is 217 g/mol.